The predicted octanol–water partition coefficient (Wildman–Crippen LogP) is 1.49. The molecule has 0 unspecified atom stereocenters. The van der Waals surface area contributed by atoms with Gasteiger partial charge in [0.1, 0.15) is 0 Å². The van der Waals surface area contributed by atoms with Crippen LogP contribution in [0.2, 0.25) is 0 Å². The molecule has 1 amide bonds. The van der Waals surface area contributed by atoms with Crippen LogP contribution in [-0.2, 0) is 23.6 Å². The molecule has 7 heteroatoms. The number of nitrogens with one attached hydrogen (secondary N) is 1. The third-order valence-electron chi connectivity index (χ3n) is 4.13. The van der Waals surface area contributed by atoms with Crippen molar-refractivity contribution in [1.82, 2.24) is 0 Å². The Kier molecular flexibility index (Phi) is 4.82. The van der Waals surface area contributed by atoms with Crippen LogP contribution in [0.25, 0.3) is 0 Å². The SMILES string of the molecule is CCOC(=O)C(=O)Nc1cccc(B2OC(C)(C)C(C)(C)O2)c1. The van der Waals surface area contributed by atoms with Crippen molar-refractivity contribution < 1.29 is 23.6 Å². The molecule has 1 fully saturated rings. The van der Waals surface area contributed by atoms with Gasteiger partial charge >= 0.3 is 19.0 Å². The van der Waals surface area contributed by atoms with Gasteiger partial charge in [-0.1, -0.05) is 12.1 Å². The summed E-state index contributed by atoms with van der Waals surface area (Å²) in [5, 5.41) is 2.51. The minimum atomic E-state index is -0.909. The molecule has 1 heterocycles. The highest BCUT2D eigenvalue weighted by molar-refractivity contribution is 6.62. The fraction of sp³-hybridized carbons (Fsp3) is 0.500. The monoisotopic (exact) mass is 319 g/mol. The quantitative estimate of drug-likeness (QED) is 0.519. The van der Waals surface area contributed by atoms with Crippen LogP contribution in [0.1, 0.15) is 34.6 Å². The first-order chi connectivity index (χ1) is 10.7. The number of amides is 1. The van der Waals surface area contributed by atoms with Crippen molar-refractivity contribution in [3.05, 3.63) is 24.3 Å². The molecule has 124 valence electrons. The maximum atomic E-state index is 11.7. The highest BCUT2D eigenvalue weighted by Gasteiger charge is 2.51. The normalized spacial score (nSPS) is 18.6. The number of hydrogen-bond acceptors (Lipinski definition) is 5. The molecule has 1 N–H and O–H groups in total. The van der Waals surface area contributed by atoms with Gasteiger partial charge in [-0.2, -0.15) is 0 Å². The molecule has 1 aliphatic rings. The van der Waals surface area contributed by atoms with Gasteiger partial charge in [-0.25, -0.2) is 4.79 Å². The van der Waals surface area contributed by atoms with Gasteiger partial charge in [0.15, 0.2) is 0 Å². The summed E-state index contributed by atoms with van der Waals surface area (Å²) in [4.78, 5) is 23.1. The van der Waals surface area contributed by atoms with E-state index < -0.39 is 30.2 Å². The van der Waals surface area contributed by atoms with E-state index in [1.165, 1.54) is 0 Å². The number of hydrogen-bond donors (Lipinski definition) is 1. The first kappa shape index (κ1) is 17.5. The van der Waals surface area contributed by atoms with Crippen LogP contribution in [-0.4, -0.2) is 36.8 Å². The molecular formula is C16H22BNO5. The summed E-state index contributed by atoms with van der Waals surface area (Å²) < 4.78 is 16.6. The minimum absolute atomic E-state index is 0.153. The van der Waals surface area contributed by atoms with Crippen LogP contribution in [0.5, 0.6) is 0 Å². The summed E-state index contributed by atoms with van der Waals surface area (Å²) in [6.45, 7) is 9.68. The zero-order valence-corrected chi connectivity index (χ0v) is 14.1. The van der Waals surface area contributed by atoms with Crippen molar-refractivity contribution in [3.63, 3.8) is 0 Å². The fourth-order valence-corrected chi connectivity index (χ4v) is 2.12. The van der Waals surface area contributed by atoms with Gasteiger partial charge in [-0.3, -0.25) is 4.79 Å². The molecule has 1 saturated heterocycles. The zero-order valence-electron chi connectivity index (χ0n) is 14.1. The van der Waals surface area contributed by atoms with Crippen molar-refractivity contribution in [1.29, 1.82) is 0 Å². The number of esters is 1. The molecule has 1 aromatic rings. The highest BCUT2D eigenvalue weighted by Crippen LogP contribution is 2.36. The summed E-state index contributed by atoms with van der Waals surface area (Å²) >= 11 is 0. The summed E-state index contributed by atoms with van der Waals surface area (Å²) in [6.07, 6.45) is 0. The molecule has 0 atom stereocenters. The number of benzene rings is 1. The number of rotatable bonds is 3. The van der Waals surface area contributed by atoms with E-state index in [1.807, 2.05) is 33.8 Å². The van der Waals surface area contributed by atoms with Crippen molar-refractivity contribution >= 4 is 30.1 Å². The van der Waals surface area contributed by atoms with Gasteiger partial charge in [-0.15, -0.1) is 0 Å². The smallest absolute Gasteiger partial charge is 0.459 e. The Morgan fingerprint density at radius 1 is 1.17 bits per heavy atom. The van der Waals surface area contributed by atoms with Crippen LogP contribution in [0.4, 0.5) is 5.69 Å². The van der Waals surface area contributed by atoms with Crippen molar-refractivity contribution in [3.8, 4) is 0 Å². The van der Waals surface area contributed by atoms with Gasteiger partial charge in [0.05, 0.1) is 17.8 Å². The highest BCUT2D eigenvalue weighted by atomic mass is 16.7. The van der Waals surface area contributed by atoms with E-state index in [0.717, 1.165) is 5.46 Å². The molecule has 0 radical (unpaired) electrons. The summed E-state index contributed by atoms with van der Waals surface area (Å²) in [5.41, 5.74) is 0.365. The first-order valence-electron chi connectivity index (χ1n) is 7.60. The van der Waals surface area contributed by atoms with E-state index in [0.29, 0.717) is 5.69 Å². The molecule has 23 heavy (non-hydrogen) atoms. The van der Waals surface area contributed by atoms with E-state index in [4.69, 9.17) is 9.31 Å². The Hall–Kier alpha value is -1.86. The summed E-state index contributed by atoms with van der Waals surface area (Å²) in [6, 6.07) is 7.02. The number of ether oxygens (including phenoxy) is 1. The lowest BCUT2D eigenvalue weighted by molar-refractivity contribution is -0.152. The largest absolute Gasteiger partial charge is 0.494 e. The zero-order chi connectivity index (χ0) is 17.3. The number of carbonyl (C=O) groups is 2. The summed E-state index contributed by atoms with van der Waals surface area (Å²) in [7, 11) is -0.528. The molecule has 6 nitrogen and oxygen atoms in total. The molecule has 0 aromatic heterocycles. The lowest BCUT2D eigenvalue weighted by Gasteiger charge is -2.32. The molecular weight excluding hydrogens is 297 g/mol. The Labute approximate surface area is 136 Å². The van der Waals surface area contributed by atoms with E-state index in [9.17, 15) is 9.59 Å². The Bertz CT molecular complexity index is 598. The average molecular weight is 319 g/mol. The number of anilines is 1. The Balaban J connectivity index is 2.12. The van der Waals surface area contributed by atoms with Crippen LogP contribution >= 0.6 is 0 Å². The van der Waals surface area contributed by atoms with Gasteiger partial charge < -0.3 is 19.4 Å². The maximum absolute atomic E-state index is 11.7. The first-order valence-corrected chi connectivity index (χ1v) is 7.60. The molecule has 1 aromatic carbocycles. The number of carbonyl (C=O) groups excluding carboxylic acids is 2. The maximum Gasteiger partial charge on any atom is 0.494 e. The van der Waals surface area contributed by atoms with Crippen molar-refractivity contribution in [2.24, 2.45) is 0 Å². The average Bonchev–Trinajstić information content (AvgIpc) is 2.68. The van der Waals surface area contributed by atoms with E-state index in [2.05, 4.69) is 10.1 Å². The lowest BCUT2D eigenvalue weighted by atomic mass is 9.79. The lowest BCUT2D eigenvalue weighted by Crippen LogP contribution is -2.41. The third kappa shape index (κ3) is 3.73. The molecule has 2 rings (SSSR count). The second kappa shape index (κ2) is 6.33. The van der Waals surface area contributed by atoms with Gasteiger partial charge in [-0.05, 0) is 52.2 Å². The molecule has 0 spiro atoms. The Morgan fingerprint density at radius 2 is 1.78 bits per heavy atom. The predicted molar refractivity (Wildman–Crippen MR) is 87.4 cm³/mol. The third-order valence-corrected chi connectivity index (χ3v) is 4.13. The standard InChI is InChI=1S/C16H22BNO5/c1-6-21-14(20)13(19)18-12-9-7-8-11(10-12)17-22-15(2,3)16(4,5)23-17/h7-10H,6H2,1-5H3,(H,18,19). The molecule has 0 saturated carbocycles. The van der Waals surface area contributed by atoms with E-state index >= 15 is 0 Å². The molecule has 1 aliphatic heterocycles. The fourth-order valence-electron chi connectivity index (χ4n) is 2.12. The van der Waals surface area contributed by atoms with Gasteiger partial charge in [0.2, 0.25) is 0 Å². The van der Waals surface area contributed by atoms with Crippen LogP contribution in [0.3, 0.4) is 0 Å². The van der Waals surface area contributed by atoms with Gasteiger partial charge in [0.25, 0.3) is 0 Å². The minimum Gasteiger partial charge on any atom is -0.459 e. The van der Waals surface area contributed by atoms with Crippen molar-refractivity contribution in [2.45, 2.75) is 45.8 Å². The second-order valence-corrected chi connectivity index (χ2v) is 6.39. The summed E-state index contributed by atoms with van der Waals surface area (Å²) in [5.74, 6) is -1.72. The van der Waals surface area contributed by atoms with Crippen LogP contribution < -0.4 is 10.8 Å². The van der Waals surface area contributed by atoms with Crippen molar-refractivity contribution in [2.75, 3.05) is 11.9 Å². The van der Waals surface area contributed by atoms with E-state index in [-0.39, 0.29) is 6.61 Å². The molecule has 0 aliphatic carbocycles. The topological polar surface area (TPSA) is 73.9 Å². The van der Waals surface area contributed by atoms with Crippen LogP contribution in [0, 0.1) is 0 Å². The molecule has 0 bridgehead atoms. The van der Waals surface area contributed by atoms with Crippen LogP contribution in [0.15, 0.2) is 24.3 Å². The Morgan fingerprint density at radius 3 is 2.35 bits per heavy atom. The second-order valence-electron chi connectivity index (χ2n) is 6.39. The van der Waals surface area contributed by atoms with Gasteiger partial charge in [0, 0.05) is 5.69 Å². The van der Waals surface area contributed by atoms with E-state index in [1.54, 1.807) is 25.1 Å².